The van der Waals surface area contributed by atoms with Gasteiger partial charge in [0.15, 0.2) is 0 Å². The molecule has 0 aliphatic rings. The van der Waals surface area contributed by atoms with Gasteiger partial charge in [-0.1, -0.05) is 29.4 Å². The molecule has 0 spiro atoms. The van der Waals surface area contributed by atoms with Crippen molar-refractivity contribution in [2.24, 2.45) is 5.11 Å². The van der Waals surface area contributed by atoms with Crippen LogP contribution in [0.1, 0.15) is 26.3 Å². The lowest BCUT2D eigenvalue weighted by Crippen LogP contribution is -2.22. The van der Waals surface area contributed by atoms with Crippen LogP contribution in [0.5, 0.6) is 0 Å². The number of carbonyl (C=O) groups is 1. The maximum absolute atomic E-state index is 11.7. The van der Waals surface area contributed by atoms with Crippen molar-refractivity contribution >= 4 is 28.5 Å². The number of ether oxygens (including phenoxy) is 1. The third-order valence-corrected chi connectivity index (χ3v) is 2.83. The summed E-state index contributed by atoms with van der Waals surface area (Å²) in [6.07, 6.45) is 3.13. The molecule has 0 radical (unpaired) electrons. The zero-order valence-corrected chi connectivity index (χ0v) is 12.8. The molecular formula is C17H17N3O2. The summed E-state index contributed by atoms with van der Waals surface area (Å²) in [7, 11) is 0. The molecule has 0 atom stereocenters. The van der Waals surface area contributed by atoms with E-state index in [-0.39, 0.29) is 5.97 Å². The highest BCUT2D eigenvalue weighted by Gasteiger charge is 2.13. The van der Waals surface area contributed by atoms with Crippen molar-refractivity contribution in [3.8, 4) is 0 Å². The van der Waals surface area contributed by atoms with E-state index in [0.29, 0.717) is 5.69 Å². The van der Waals surface area contributed by atoms with Gasteiger partial charge in [-0.3, -0.25) is 0 Å². The standard InChI is InChI=1S/C17H17N3O2/c1-17(2,3)22-16(21)9-5-12-4-6-14-11-15(19-20-18)8-7-13(14)10-12/h4-11H,1-3H3/b9-5+. The minimum absolute atomic E-state index is 0.369. The third kappa shape index (κ3) is 4.36. The van der Waals surface area contributed by atoms with Crippen LogP contribution in [-0.2, 0) is 9.53 Å². The lowest BCUT2D eigenvalue weighted by molar-refractivity contribution is -0.148. The monoisotopic (exact) mass is 295 g/mol. The molecule has 5 nitrogen and oxygen atoms in total. The Labute approximate surface area is 128 Å². The van der Waals surface area contributed by atoms with Crippen LogP contribution in [0.4, 0.5) is 5.69 Å². The molecule has 0 heterocycles. The second kappa shape index (κ2) is 6.33. The summed E-state index contributed by atoms with van der Waals surface area (Å²) in [5.74, 6) is -0.369. The molecule has 0 aliphatic carbocycles. The summed E-state index contributed by atoms with van der Waals surface area (Å²) in [6.45, 7) is 5.49. The van der Waals surface area contributed by atoms with Gasteiger partial charge in [0.05, 0.1) is 0 Å². The highest BCUT2D eigenvalue weighted by Crippen LogP contribution is 2.23. The van der Waals surface area contributed by atoms with Gasteiger partial charge >= 0.3 is 5.97 Å². The van der Waals surface area contributed by atoms with Crippen LogP contribution >= 0.6 is 0 Å². The minimum atomic E-state index is -0.498. The lowest BCUT2D eigenvalue weighted by atomic mass is 10.1. The van der Waals surface area contributed by atoms with Crippen molar-refractivity contribution in [3.63, 3.8) is 0 Å². The van der Waals surface area contributed by atoms with Gasteiger partial charge in [0.25, 0.3) is 0 Å². The molecule has 0 bridgehead atoms. The first kappa shape index (κ1) is 15.6. The fraction of sp³-hybridized carbons (Fsp3) is 0.235. The lowest BCUT2D eigenvalue weighted by Gasteiger charge is -2.17. The van der Waals surface area contributed by atoms with E-state index in [1.165, 1.54) is 6.08 Å². The number of benzene rings is 2. The Balaban J connectivity index is 2.21. The van der Waals surface area contributed by atoms with E-state index in [1.807, 2.05) is 51.1 Å². The predicted molar refractivity (Wildman–Crippen MR) is 87.6 cm³/mol. The van der Waals surface area contributed by atoms with Crippen LogP contribution in [-0.4, -0.2) is 11.6 Å². The number of carbonyl (C=O) groups excluding carboxylic acids is 1. The Hall–Kier alpha value is -2.78. The average Bonchev–Trinajstić information content (AvgIpc) is 2.43. The highest BCUT2D eigenvalue weighted by atomic mass is 16.6. The summed E-state index contributed by atoms with van der Waals surface area (Å²) < 4.78 is 5.22. The van der Waals surface area contributed by atoms with Crippen LogP contribution in [0, 0.1) is 0 Å². The van der Waals surface area contributed by atoms with E-state index in [4.69, 9.17) is 10.3 Å². The van der Waals surface area contributed by atoms with Crippen molar-refractivity contribution < 1.29 is 9.53 Å². The fourth-order valence-corrected chi connectivity index (χ4v) is 1.97. The summed E-state index contributed by atoms with van der Waals surface area (Å²) in [5, 5.41) is 5.55. The third-order valence-electron chi connectivity index (χ3n) is 2.83. The summed E-state index contributed by atoms with van der Waals surface area (Å²) in [5.41, 5.74) is 9.42. The Morgan fingerprint density at radius 2 is 1.86 bits per heavy atom. The van der Waals surface area contributed by atoms with E-state index >= 15 is 0 Å². The zero-order valence-electron chi connectivity index (χ0n) is 12.8. The molecule has 0 amide bonds. The molecule has 2 rings (SSSR count). The van der Waals surface area contributed by atoms with E-state index < -0.39 is 5.60 Å². The first-order valence-corrected chi connectivity index (χ1v) is 6.87. The number of hydrogen-bond donors (Lipinski definition) is 0. The van der Waals surface area contributed by atoms with E-state index in [9.17, 15) is 4.79 Å². The molecule has 0 saturated carbocycles. The first-order valence-electron chi connectivity index (χ1n) is 6.87. The van der Waals surface area contributed by atoms with Crippen LogP contribution in [0.15, 0.2) is 47.6 Å². The van der Waals surface area contributed by atoms with Gasteiger partial charge < -0.3 is 4.74 Å². The van der Waals surface area contributed by atoms with Crippen molar-refractivity contribution in [2.45, 2.75) is 26.4 Å². The van der Waals surface area contributed by atoms with Crippen molar-refractivity contribution in [1.29, 1.82) is 0 Å². The number of esters is 1. The Morgan fingerprint density at radius 3 is 2.55 bits per heavy atom. The van der Waals surface area contributed by atoms with Crippen molar-refractivity contribution in [1.82, 2.24) is 0 Å². The van der Waals surface area contributed by atoms with Crippen LogP contribution in [0.3, 0.4) is 0 Å². The van der Waals surface area contributed by atoms with Crippen LogP contribution in [0.25, 0.3) is 27.3 Å². The summed E-state index contributed by atoms with van der Waals surface area (Å²) in [4.78, 5) is 14.4. The number of azide groups is 1. The number of fused-ring (bicyclic) bond motifs is 1. The molecule has 0 unspecified atom stereocenters. The molecule has 22 heavy (non-hydrogen) atoms. The smallest absolute Gasteiger partial charge is 0.331 e. The molecule has 0 N–H and O–H groups in total. The minimum Gasteiger partial charge on any atom is -0.457 e. The topological polar surface area (TPSA) is 75.1 Å². The van der Waals surface area contributed by atoms with Gasteiger partial charge in [-0.2, -0.15) is 0 Å². The second-order valence-corrected chi connectivity index (χ2v) is 5.85. The second-order valence-electron chi connectivity index (χ2n) is 5.85. The van der Waals surface area contributed by atoms with Gasteiger partial charge in [0, 0.05) is 16.7 Å². The molecule has 0 aliphatic heterocycles. The summed E-state index contributed by atoms with van der Waals surface area (Å²) >= 11 is 0. The molecular weight excluding hydrogens is 278 g/mol. The van der Waals surface area contributed by atoms with E-state index in [2.05, 4.69) is 10.0 Å². The average molecular weight is 295 g/mol. The normalized spacial score (nSPS) is 11.4. The predicted octanol–water partition coefficient (Wildman–Crippen LogP) is 5.14. The van der Waals surface area contributed by atoms with Gasteiger partial charge in [0.1, 0.15) is 5.60 Å². The van der Waals surface area contributed by atoms with Gasteiger partial charge in [-0.05, 0) is 60.8 Å². The molecule has 0 aromatic heterocycles. The maximum Gasteiger partial charge on any atom is 0.331 e. The van der Waals surface area contributed by atoms with Gasteiger partial charge in [-0.25, -0.2) is 4.79 Å². The maximum atomic E-state index is 11.7. The molecule has 0 saturated heterocycles. The summed E-state index contributed by atoms with van der Waals surface area (Å²) in [6, 6.07) is 11.2. The highest BCUT2D eigenvalue weighted by molar-refractivity contribution is 5.90. The van der Waals surface area contributed by atoms with Gasteiger partial charge in [0.2, 0.25) is 0 Å². The van der Waals surface area contributed by atoms with Crippen molar-refractivity contribution in [2.75, 3.05) is 0 Å². The van der Waals surface area contributed by atoms with Crippen LogP contribution in [0.2, 0.25) is 0 Å². The van der Waals surface area contributed by atoms with E-state index in [1.54, 1.807) is 12.1 Å². The molecule has 0 fully saturated rings. The Morgan fingerprint density at radius 1 is 1.18 bits per heavy atom. The number of nitrogens with zero attached hydrogens (tertiary/aromatic N) is 3. The fourth-order valence-electron chi connectivity index (χ4n) is 1.97. The molecule has 2 aromatic carbocycles. The number of hydrogen-bond acceptors (Lipinski definition) is 3. The molecule has 5 heteroatoms. The van der Waals surface area contributed by atoms with E-state index in [0.717, 1.165) is 16.3 Å². The number of rotatable bonds is 3. The first-order chi connectivity index (χ1) is 10.4. The van der Waals surface area contributed by atoms with Gasteiger partial charge in [-0.15, -0.1) is 0 Å². The molecule has 112 valence electrons. The Bertz CT molecular complexity index is 782. The van der Waals surface area contributed by atoms with Crippen molar-refractivity contribution in [3.05, 3.63) is 58.5 Å². The zero-order chi connectivity index (χ0) is 16.2. The Kier molecular flexibility index (Phi) is 4.49. The quantitative estimate of drug-likeness (QED) is 0.258. The molecule has 2 aromatic rings. The SMILES string of the molecule is CC(C)(C)OC(=O)/C=C/c1ccc2cc(N=[N+]=[N-])ccc2c1. The van der Waals surface area contributed by atoms with Crippen LogP contribution < -0.4 is 0 Å². The largest absolute Gasteiger partial charge is 0.457 e.